The summed E-state index contributed by atoms with van der Waals surface area (Å²) in [5.74, 6) is 0. The number of aliphatic imine (C=N–C) groups is 2. The molecule has 3 aliphatic carbocycles. The predicted octanol–water partition coefficient (Wildman–Crippen LogP) is 2.00. The quantitative estimate of drug-likeness (QED) is 0.537. The van der Waals surface area contributed by atoms with Gasteiger partial charge in [0.2, 0.25) is 12.2 Å². The highest BCUT2D eigenvalue weighted by Crippen LogP contribution is 2.56. The summed E-state index contributed by atoms with van der Waals surface area (Å²) in [6.45, 7) is 1.26. The van der Waals surface area contributed by atoms with Crippen molar-refractivity contribution in [2.45, 2.75) is 38.5 Å². The second-order valence-electron chi connectivity index (χ2n) is 5.32. The Kier molecular flexibility index (Phi) is 3.04. The van der Waals surface area contributed by atoms with E-state index < -0.39 is 0 Å². The number of carbonyl (C=O) groups excluding carboxylic acids is 2. The van der Waals surface area contributed by atoms with Crippen molar-refractivity contribution in [1.82, 2.24) is 0 Å². The van der Waals surface area contributed by atoms with Gasteiger partial charge in [-0.1, -0.05) is 0 Å². The highest BCUT2D eigenvalue weighted by molar-refractivity contribution is 5.33. The molecule has 3 rings (SSSR count). The first-order valence-corrected chi connectivity index (χ1v) is 5.82. The summed E-state index contributed by atoms with van der Waals surface area (Å²) >= 11 is 0. The first-order chi connectivity index (χ1) is 7.74. The Morgan fingerprint density at radius 1 is 0.750 bits per heavy atom. The van der Waals surface area contributed by atoms with E-state index in [9.17, 15) is 9.59 Å². The molecule has 0 N–H and O–H groups in total. The third-order valence-electron chi connectivity index (χ3n) is 4.52. The number of hydrogen-bond donors (Lipinski definition) is 0. The summed E-state index contributed by atoms with van der Waals surface area (Å²) in [6.07, 6.45) is 9.90. The molecule has 0 aromatic heterocycles. The average Bonchev–Trinajstić information content (AvgIpc) is 2.37. The minimum Gasteiger partial charge on any atom is -0.211 e. The lowest BCUT2D eigenvalue weighted by atomic mass is 9.54. The molecule has 0 unspecified atom stereocenters. The lowest BCUT2D eigenvalue weighted by Gasteiger charge is -2.52. The van der Waals surface area contributed by atoms with Crippen molar-refractivity contribution in [3.63, 3.8) is 0 Å². The number of nitrogens with zero attached hydrogens (tertiary/aromatic N) is 2. The van der Waals surface area contributed by atoms with Gasteiger partial charge in [0.1, 0.15) is 0 Å². The Hall–Kier alpha value is -1.24. The standard InChI is InChI=1S/C12H16N2O2/c15-9-13-7-11-1-2-12(5-3-11,6-4-11)8-14-10-16/h1-8H2. The zero-order chi connectivity index (χ0) is 11.5. The Bertz CT molecular complexity index is 305. The van der Waals surface area contributed by atoms with Crippen LogP contribution in [-0.4, -0.2) is 25.2 Å². The topological polar surface area (TPSA) is 58.9 Å². The highest BCUT2D eigenvalue weighted by Gasteiger charge is 2.48. The summed E-state index contributed by atoms with van der Waals surface area (Å²) < 4.78 is 0. The van der Waals surface area contributed by atoms with Crippen molar-refractivity contribution in [1.29, 1.82) is 0 Å². The first kappa shape index (κ1) is 11.3. The SMILES string of the molecule is O=C=NCC12CCC(CN=C=O)(CC1)CC2. The van der Waals surface area contributed by atoms with Gasteiger partial charge in [-0.05, 0) is 49.4 Å². The van der Waals surface area contributed by atoms with Gasteiger partial charge in [0.05, 0.1) is 13.1 Å². The molecular formula is C12H16N2O2. The molecule has 0 aliphatic heterocycles. The van der Waals surface area contributed by atoms with Crippen LogP contribution >= 0.6 is 0 Å². The van der Waals surface area contributed by atoms with Gasteiger partial charge >= 0.3 is 0 Å². The van der Waals surface area contributed by atoms with Crippen LogP contribution in [0.3, 0.4) is 0 Å². The fourth-order valence-corrected chi connectivity index (χ4v) is 3.22. The summed E-state index contributed by atoms with van der Waals surface area (Å²) in [5.41, 5.74) is 0.480. The molecule has 2 bridgehead atoms. The molecule has 0 aromatic carbocycles. The molecule has 3 saturated carbocycles. The van der Waals surface area contributed by atoms with Crippen molar-refractivity contribution in [3.05, 3.63) is 0 Å². The van der Waals surface area contributed by atoms with E-state index in [0.29, 0.717) is 13.1 Å². The van der Waals surface area contributed by atoms with Crippen LogP contribution in [-0.2, 0) is 9.59 Å². The van der Waals surface area contributed by atoms with Crippen LogP contribution in [0.25, 0.3) is 0 Å². The molecule has 0 heterocycles. The minimum atomic E-state index is 0.240. The Labute approximate surface area is 94.9 Å². The van der Waals surface area contributed by atoms with Crippen LogP contribution in [0.4, 0.5) is 0 Å². The van der Waals surface area contributed by atoms with E-state index in [1.807, 2.05) is 0 Å². The predicted molar refractivity (Wildman–Crippen MR) is 58.5 cm³/mol. The van der Waals surface area contributed by atoms with Crippen LogP contribution in [0.2, 0.25) is 0 Å². The van der Waals surface area contributed by atoms with Gasteiger partial charge in [-0.25, -0.2) is 19.6 Å². The lowest BCUT2D eigenvalue weighted by molar-refractivity contribution is 0.00385. The van der Waals surface area contributed by atoms with Crippen LogP contribution in [0.15, 0.2) is 9.98 Å². The molecule has 3 fully saturated rings. The van der Waals surface area contributed by atoms with E-state index in [1.165, 1.54) is 0 Å². The summed E-state index contributed by atoms with van der Waals surface area (Å²) in [5, 5.41) is 0. The van der Waals surface area contributed by atoms with Crippen molar-refractivity contribution in [2.24, 2.45) is 20.8 Å². The van der Waals surface area contributed by atoms with Gasteiger partial charge in [0.25, 0.3) is 0 Å². The molecule has 0 saturated heterocycles. The molecule has 0 aromatic rings. The first-order valence-electron chi connectivity index (χ1n) is 5.82. The molecule has 4 nitrogen and oxygen atoms in total. The van der Waals surface area contributed by atoms with E-state index >= 15 is 0 Å². The smallest absolute Gasteiger partial charge is 0.211 e. The molecule has 4 heteroatoms. The summed E-state index contributed by atoms with van der Waals surface area (Å²) in [7, 11) is 0. The van der Waals surface area contributed by atoms with Crippen LogP contribution in [0.5, 0.6) is 0 Å². The third-order valence-corrected chi connectivity index (χ3v) is 4.52. The minimum absolute atomic E-state index is 0.240. The normalized spacial score (nSPS) is 36.2. The summed E-state index contributed by atoms with van der Waals surface area (Å²) in [6, 6.07) is 0. The van der Waals surface area contributed by atoms with E-state index in [2.05, 4.69) is 9.98 Å². The van der Waals surface area contributed by atoms with E-state index in [-0.39, 0.29) is 10.8 Å². The monoisotopic (exact) mass is 220 g/mol. The fourth-order valence-electron chi connectivity index (χ4n) is 3.22. The second-order valence-corrected chi connectivity index (χ2v) is 5.32. The zero-order valence-electron chi connectivity index (χ0n) is 9.37. The fraction of sp³-hybridized carbons (Fsp3) is 0.833. The van der Waals surface area contributed by atoms with Gasteiger partial charge in [-0.2, -0.15) is 0 Å². The van der Waals surface area contributed by atoms with E-state index in [4.69, 9.17) is 0 Å². The maximum Gasteiger partial charge on any atom is 0.234 e. The average molecular weight is 220 g/mol. The second kappa shape index (κ2) is 4.32. The van der Waals surface area contributed by atoms with Crippen molar-refractivity contribution in [2.75, 3.05) is 13.1 Å². The number of rotatable bonds is 4. The van der Waals surface area contributed by atoms with Crippen molar-refractivity contribution in [3.8, 4) is 0 Å². The maximum atomic E-state index is 10.2. The maximum absolute atomic E-state index is 10.2. The third kappa shape index (κ3) is 1.99. The molecule has 0 spiro atoms. The van der Waals surface area contributed by atoms with E-state index in [1.54, 1.807) is 12.2 Å². The molecule has 86 valence electrons. The molecule has 0 atom stereocenters. The molecule has 3 aliphatic rings. The molecular weight excluding hydrogens is 204 g/mol. The Morgan fingerprint density at radius 3 is 1.31 bits per heavy atom. The molecule has 16 heavy (non-hydrogen) atoms. The van der Waals surface area contributed by atoms with Gasteiger partial charge in [0, 0.05) is 0 Å². The van der Waals surface area contributed by atoms with Gasteiger partial charge < -0.3 is 0 Å². The number of isocyanates is 2. The zero-order valence-corrected chi connectivity index (χ0v) is 9.37. The van der Waals surface area contributed by atoms with Crippen LogP contribution in [0.1, 0.15) is 38.5 Å². The molecule has 0 amide bonds. The van der Waals surface area contributed by atoms with Gasteiger partial charge in [-0.3, -0.25) is 0 Å². The summed E-state index contributed by atoms with van der Waals surface area (Å²) in [4.78, 5) is 27.9. The largest absolute Gasteiger partial charge is 0.234 e. The van der Waals surface area contributed by atoms with E-state index in [0.717, 1.165) is 38.5 Å². The van der Waals surface area contributed by atoms with Crippen LogP contribution in [0, 0.1) is 10.8 Å². The molecule has 0 radical (unpaired) electrons. The Morgan fingerprint density at radius 2 is 1.06 bits per heavy atom. The van der Waals surface area contributed by atoms with Crippen LogP contribution < -0.4 is 0 Å². The number of fused-ring (bicyclic) bond motifs is 3. The van der Waals surface area contributed by atoms with Gasteiger partial charge in [0.15, 0.2) is 0 Å². The van der Waals surface area contributed by atoms with Gasteiger partial charge in [-0.15, -0.1) is 0 Å². The van der Waals surface area contributed by atoms with Crippen molar-refractivity contribution < 1.29 is 9.59 Å². The van der Waals surface area contributed by atoms with Crippen molar-refractivity contribution >= 4 is 12.2 Å². The lowest BCUT2D eigenvalue weighted by Crippen LogP contribution is -2.44. The highest BCUT2D eigenvalue weighted by atomic mass is 16.1. The number of hydrogen-bond acceptors (Lipinski definition) is 4. The Balaban J connectivity index is 2.02.